The predicted octanol–water partition coefficient (Wildman–Crippen LogP) is 0.609. The Morgan fingerprint density at radius 1 is 0.611 bits per heavy atom. The van der Waals surface area contributed by atoms with Crippen molar-refractivity contribution in [1.29, 1.82) is 0 Å². The number of carbonyl (C=O) groups excluding carboxylic acids is 2. The highest BCUT2D eigenvalue weighted by Crippen LogP contribution is 2.30. The molecule has 4 heteroatoms. The molecule has 88 valence electrons. The molecule has 0 heterocycles. The van der Waals surface area contributed by atoms with Crippen molar-refractivity contribution in [2.75, 3.05) is 0 Å². The van der Waals surface area contributed by atoms with Crippen LogP contribution in [-0.4, -0.2) is 11.6 Å². The first kappa shape index (κ1) is 10.5. The molecule has 0 aliphatic heterocycles. The van der Waals surface area contributed by atoms with Crippen LogP contribution in [0.2, 0.25) is 0 Å². The zero-order chi connectivity index (χ0) is 12.9. The van der Waals surface area contributed by atoms with E-state index >= 15 is 0 Å². The van der Waals surface area contributed by atoms with Crippen LogP contribution >= 0.6 is 0 Å². The molecular formula is C14H6O4-2. The van der Waals surface area contributed by atoms with E-state index in [0.29, 0.717) is 0 Å². The van der Waals surface area contributed by atoms with Crippen LogP contribution in [0.1, 0.15) is 31.8 Å². The lowest BCUT2D eigenvalue weighted by atomic mass is 9.84. The van der Waals surface area contributed by atoms with E-state index in [0.717, 1.165) is 12.1 Å². The van der Waals surface area contributed by atoms with E-state index in [2.05, 4.69) is 0 Å². The fourth-order valence-electron chi connectivity index (χ4n) is 2.11. The second-order valence-electron chi connectivity index (χ2n) is 4.07. The molecule has 3 rings (SSSR count). The van der Waals surface area contributed by atoms with Gasteiger partial charge in [-0.1, -0.05) is 36.4 Å². The van der Waals surface area contributed by atoms with Crippen LogP contribution in [0, 0.1) is 0 Å². The van der Waals surface area contributed by atoms with Crippen molar-refractivity contribution < 1.29 is 19.8 Å². The summed E-state index contributed by atoms with van der Waals surface area (Å²) in [4.78, 5) is 24.2. The third-order valence-electron chi connectivity index (χ3n) is 2.96. The molecule has 2 aromatic rings. The van der Waals surface area contributed by atoms with Gasteiger partial charge >= 0.3 is 0 Å². The van der Waals surface area contributed by atoms with E-state index < -0.39 is 11.6 Å². The number of rotatable bonds is 0. The van der Waals surface area contributed by atoms with Gasteiger partial charge in [-0.2, -0.15) is 0 Å². The summed E-state index contributed by atoms with van der Waals surface area (Å²) in [5.74, 6) is -1.42. The van der Waals surface area contributed by atoms with Crippen molar-refractivity contribution in [3.05, 3.63) is 58.7 Å². The van der Waals surface area contributed by atoms with E-state index in [4.69, 9.17) is 0 Å². The number of hydrogen-bond acceptors (Lipinski definition) is 4. The number of ketones is 2. The maximum atomic E-state index is 12.1. The minimum atomic E-state index is -0.391. The van der Waals surface area contributed by atoms with E-state index in [1.807, 2.05) is 0 Å². The number of benzene rings is 2. The van der Waals surface area contributed by atoms with Gasteiger partial charge in [-0.25, -0.2) is 0 Å². The van der Waals surface area contributed by atoms with Gasteiger partial charge in [0.05, 0.1) is 0 Å². The van der Waals surface area contributed by atoms with Crippen LogP contribution in [0.4, 0.5) is 0 Å². The Morgan fingerprint density at radius 3 is 1.39 bits per heavy atom. The van der Waals surface area contributed by atoms with Gasteiger partial charge in [-0.3, -0.25) is 9.59 Å². The third-order valence-corrected chi connectivity index (χ3v) is 2.96. The van der Waals surface area contributed by atoms with Gasteiger partial charge < -0.3 is 10.2 Å². The number of carbonyl (C=O) groups is 2. The van der Waals surface area contributed by atoms with Crippen LogP contribution in [0.15, 0.2) is 36.4 Å². The lowest BCUT2D eigenvalue weighted by molar-refractivity contribution is -0.269. The maximum absolute atomic E-state index is 12.1. The van der Waals surface area contributed by atoms with E-state index in [1.165, 1.54) is 24.3 Å². The Balaban J connectivity index is 2.31. The van der Waals surface area contributed by atoms with E-state index in [-0.39, 0.29) is 33.8 Å². The normalized spacial score (nSPS) is 13.1. The molecule has 0 N–H and O–H groups in total. The van der Waals surface area contributed by atoms with Crippen LogP contribution in [0.5, 0.6) is 11.5 Å². The van der Waals surface area contributed by atoms with Crippen molar-refractivity contribution in [2.45, 2.75) is 0 Å². The molecule has 0 bridgehead atoms. The maximum Gasteiger partial charge on any atom is 0.194 e. The Kier molecular flexibility index (Phi) is 2.01. The highest BCUT2D eigenvalue weighted by Gasteiger charge is 2.28. The van der Waals surface area contributed by atoms with Gasteiger partial charge in [-0.05, 0) is 0 Å². The van der Waals surface area contributed by atoms with Gasteiger partial charge in [0, 0.05) is 22.3 Å². The Morgan fingerprint density at radius 2 is 1.00 bits per heavy atom. The quantitative estimate of drug-likeness (QED) is 0.574. The largest absolute Gasteiger partial charge is 0.872 e. The molecule has 0 saturated carbocycles. The third kappa shape index (κ3) is 1.32. The van der Waals surface area contributed by atoms with Crippen molar-refractivity contribution in [1.82, 2.24) is 0 Å². The molecule has 0 spiro atoms. The first-order chi connectivity index (χ1) is 8.58. The summed E-state index contributed by atoms with van der Waals surface area (Å²) in [6, 6.07) is 7.44. The molecule has 0 amide bonds. The number of hydrogen-bond donors (Lipinski definition) is 0. The fraction of sp³-hybridized carbons (Fsp3) is 0. The SMILES string of the molecule is O=C1c2ccc([O-])cc2C(=O)c2ccc([O-])cc21. The van der Waals surface area contributed by atoms with Crippen LogP contribution in [-0.2, 0) is 0 Å². The first-order valence-corrected chi connectivity index (χ1v) is 5.29. The zero-order valence-corrected chi connectivity index (χ0v) is 9.10. The summed E-state index contributed by atoms with van der Waals surface area (Å²) in [7, 11) is 0. The standard InChI is InChI=1S/C14H8O4/c15-7-1-3-9-11(5-7)14(18)10-4-2-8(16)6-12(10)13(9)17/h1-6,15-16H/p-2. The van der Waals surface area contributed by atoms with Crippen molar-refractivity contribution >= 4 is 11.6 Å². The predicted molar refractivity (Wildman–Crippen MR) is 58.6 cm³/mol. The van der Waals surface area contributed by atoms with Crippen molar-refractivity contribution in [3.63, 3.8) is 0 Å². The smallest absolute Gasteiger partial charge is 0.194 e. The molecule has 2 aromatic carbocycles. The molecule has 1 aliphatic rings. The molecule has 0 unspecified atom stereocenters. The molecule has 0 atom stereocenters. The van der Waals surface area contributed by atoms with Crippen LogP contribution < -0.4 is 10.2 Å². The summed E-state index contributed by atoms with van der Waals surface area (Å²) < 4.78 is 0. The van der Waals surface area contributed by atoms with E-state index in [1.54, 1.807) is 0 Å². The second kappa shape index (κ2) is 3.43. The van der Waals surface area contributed by atoms with Crippen LogP contribution in [0.3, 0.4) is 0 Å². The lowest BCUT2D eigenvalue weighted by Crippen LogP contribution is -2.21. The highest BCUT2D eigenvalue weighted by molar-refractivity contribution is 6.28. The Labute approximate surface area is 102 Å². The molecule has 0 fully saturated rings. The summed E-state index contributed by atoms with van der Waals surface area (Å²) in [5.41, 5.74) is 0.577. The molecule has 18 heavy (non-hydrogen) atoms. The topological polar surface area (TPSA) is 80.3 Å². The summed E-state index contributed by atoms with van der Waals surface area (Å²) in [6.45, 7) is 0. The molecule has 0 radical (unpaired) electrons. The van der Waals surface area contributed by atoms with Gasteiger partial charge in [-0.15, -0.1) is 11.5 Å². The lowest BCUT2D eigenvalue weighted by Gasteiger charge is -2.20. The van der Waals surface area contributed by atoms with Crippen molar-refractivity contribution in [2.24, 2.45) is 0 Å². The Bertz CT molecular complexity index is 639. The molecular weight excluding hydrogens is 232 g/mol. The van der Waals surface area contributed by atoms with Gasteiger partial charge in [0.15, 0.2) is 11.6 Å². The molecule has 1 aliphatic carbocycles. The molecule has 0 saturated heterocycles. The van der Waals surface area contributed by atoms with Gasteiger partial charge in [0.2, 0.25) is 0 Å². The van der Waals surface area contributed by atoms with Gasteiger partial charge in [0.1, 0.15) is 0 Å². The summed E-state index contributed by atoms with van der Waals surface area (Å²) in [5, 5.41) is 22.5. The molecule has 0 aromatic heterocycles. The van der Waals surface area contributed by atoms with Crippen molar-refractivity contribution in [3.8, 4) is 11.5 Å². The average molecular weight is 238 g/mol. The highest BCUT2D eigenvalue weighted by atomic mass is 16.3. The fourth-order valence-corrected chi connectivity index (χ4v) is 2.11. The number of fused-ring (bicyclic) bond motifs is 2. The monoisotopic (exact) mass is 238 g/mol. The van der Waals surface area contributed by atoms with Gasteiger partial charge in [0.25, 0.3) is 0 Å². The van der Waals surface area contributed by atoms with Crippen LogP contribution in [0.25, 0.3) is 0 Å². The first-order valence-electron chi connectivity index (χ1n) is 5.29. The average Bonchev–Trinajstić information content (AvgIpc) is 2.36. The minimum Gasteiger partial charge on any atom is -0.872 e. The summed E-state index contributed by atoms with van der Waals surface area (Å²) in [6.07, 6.45) is 0. The van der Waals surface area contributed by atoms with E-state index in [9.17, 15) is 19.8 Å². The zero-order valence-electron chi connectivity index (χ0n) is 9.10. The minimum absolute atomic E-state index is 0.110. The Hall–Kier alpha value is -2.62. The second-order valence-corrected chi connectivity index (χ2v) is 4.07. The summed E-state index contributed by atoms with van der Waals surface area (Å²) >= 11 is 0. The molecule has 4 nitrogen and oxygen atoms in total.